The third kappa shape index (κ3) is 6.41. The van der Waals surface area contributed by atoms with Gasteiger partial charge in [0.25, 0.3) is 13.0 Å². The molecule has 0 radical (unpaired) electrons. The molecule has 8 nitrogen and oxygen atoms in total. The fourth-order valence-electron chi connectivity index (χ4n) is 11.3. The molecule has 0 N–H and O–H groups in total. The van der Waals surface area contributed by atoms with Gasteiger partial charge in [-0.25, -0.2) is 4.98 Å². The van der Waals surface area contributed by atoms with Gasteiger partial charge in [0.1, 0.15) is 51.8 Å². The van der Waals surface area contributed by atoms with Gasteiger partial charge in [-0.2, -0.15) is 0 Å². The van der Waals surface area contributed by atoms with E-state index in [9.17, 15) is 0 Å². The van der Waals surface area contributed by atoms with Crippen molar-refractivity contribution in [2.24, 2.45) is 0 Å². The maximum Gasteiger partial charge on any atom is 0.270 e. The molecule has 0 aliphatic carbocycles. The standard InChI is InChI=1S/C64H43BN4O4/c1-64(2,3)41-31-32-66-59(35-41)69-49-22-8-7-19-47(49)48-30-29-44(37-52(48)69)70-43-18-11-17-42(36-43)67-38-68(51-24-10-9-23-50(51)67)63-45(39-15-5-4-6-16-39)20-12-21-46(63)40-33-57-62-58(34-40)73-56-28-14-26-54-61(56)65(62)60-53(71-54)25-13-27-55(60)72-57/h4-37H,1-3H3. The van der Waals surface area contributed by atoms with Gasteiger partial charge in [0.2, 0.25) is 0 Å². The summed E-state index contributed by atoms with van der Waals surface area (Å²) in [6, 6.07) is 69.4. The van der Waals surface area contributed by atoms with E-state index in [1.165, 1.54) is 5.56 Å². The topological polar surface area (TPSA) is 63.6 Å². The van der Waals surface area contributed by atoms with Gasteiger partial charge in [0, 0.05) is 39.4 Å². The summed E-state index contributed by atoms with van der Waals surface area (Å²) in [6.07, 6.45) is 5.76. The summed E-state index contributed by atoms with van der Waals surface area (Å²) in [5.74, 6) is 7.03. The minimum atomic E-state index is -0.0775. The van der Waals surface area contributed by atoms with E-state index in [1.807, 2.05) is 54.7 Å². The number of pyridine rings is 1. The van der Waals surface area contributed by atoms with Crippen molar-refractivity contribution in [2.75, 3.05) is 0 Å². The first-order chi connectivity index (χ1) is 35.8. The van der Waals surface area contributed by atoms with Crippen LogP contribution in [0.25, 0.3) is 72.3 Å². The molecule has 0 spiro atoms. The van der Waals surface area contributed by atoms with Gasteiger partial charge in [-0.1, -0.05) is 130 Å². The molecule has 6 heterocycles. The summed E-state index contributed by atoms with van der Waals surface area (Å²) in [5, 5.41) is 2.30. The van der Waals surface area contributed by atoms with Gasteiger partial charge >= 0.3 is 0 Å². The van der Waals surface area contributed by atoms with Crippen LogP contribution in [0.4, 0.5) is 0 Å². The summed E-state index contributed by atoms with van der Waals surface area (Å²) < 4.78 is 33.5. The van der Waals surface area contributed by atoms with Crippen LogP contribution in [0.3, 0.4) is 0 Å². The van der Waals surface area contributed by atoms with E-state index in [-0.39, 0.29) is 12.1 Å². The molecule has 0 amide bonds. The third-order valence-corrected chi connectivity index (χ3v) is 14.7. The minimum Gasteiger partial charge on any atom is -0.458 e. The highest BCUT2D eigenvalue weighted by atomic mass is 16.5. The highest BCUT2D eigenvalue weighted by Gasteiger charge is 2.46. The quantitative estimate of drug-likeness (QED) is 0.0905. The Morgan fingerprint density at radius 1 is 0.507 bits per heavy atom. The van der Waals surface area contributed by atoms with Crippen molar-refractivity contribution in [2.45, 2.75) is 26.2 Å². The summed E-state index contributed by atoms with van der Waals surface area (Å²) in [6.45, 7) is 6.62. The maximum absolute atomic E-state index is 6.84. The Morgan fingerprint density at radius 2 is 1.11 bits per heavy atom. The number of benzene rings is 9. The van der Waals surface area contributed by atoms with Crippen molar-refractivity contribution in [1.29, 1.82) is 0 Å². The van der Waals surface area contributed by atoms with Crippen molar-refractivity contribution in [3.63, 3.8) is 0 Å². The van der Waals surface area contributed by atoms with E-state index in [0.717, 1.165) is 129 Å². The lowest BCUT2D eigenvalue weighted by molar-refractivity contribution is -0.571. The lowest BCUT2D eigenvalue weighted by Crippen LogP contribution is -2.59. The molecule has 73 heavy (non-hydrogen) atoms. The third-order valence-electron chi connectivity index (χ3n) is 14.7. The number of imidazole rings is 1. The smallest absolute Gasteiger partial charge is 0.270 e. The first-order valence-corrected chi connectivity index (χ1v) is 24.7. The Labute approximate surface area is 421 Å². The molecule has 0 fully saturated rings. The number of fused-ring (bicyclic) bond motifs is 4. The van der Waals surface area contributed by atoms with Gasteiger partial charge in [-0.15, -0.1) is 0 Å². The molecule has 15 rings (SSSR count). The zero-order valence-electron chi connectivity index (χ0n) is 40.1. The maximum atomic E-state index is 6.84. The molecule has 3 aromatic heterocycles. The van der Waals surface area contributed by atoms with E-state index in [4.69, 9.17) is 23.9 Å². The van der Waals surface area contributed by atoms with Crippen LogP contribution in [0.5, 0.6) is 46.0 Å². The van der Waals surface area contributed by atoms with Crippen LogP contribution in [0.15, 0.2) is 206 Å². The first kappa shape index (κ1) is 41.4. The van der Waals surface area contributed by atoms with Gasteiger partial charge < -0.3 is 18.9 Å². The number of rotatable bonds is 7. The molecule has 0 unspecified atom stereocenters. The monoisotopic (exact) mass is 942 g/mol. The van der Waals surface area contributed by atoms with E-state index < -0.39 is 0 Å². The summed E-state index contributed by atoms with van der Waals surface area (Å²) >= 11 is 0. The Balaban J connectivity index is 0.861. The Morgan fingerprint density at radius 3 is 1.85 bits per heavy atom. The SMILES string of the molecule is CC(C)(C)c1ccnc(-n2c3ccccc3c3ccc(Oc4cccc(-n5[c-][n+](-c6c(-c7ccccc7)cccc6-c6cc7c8c(c6)Oc6cccc9c6B8c6c(cccc6O7)O9)c6ccccc65)c4)cc32)c1. The predicted molar refractivity (Wildman–Crippen MR) is 290 cm³/mol. The zero-order valence-corrected chi connectivity index (χ0v) is 40.1. The highest BCUT2D eigenvalue weighted by Crippen LogP contribution is 2.45. The van der Waals surface area contributed by atoms with Crippen molar-refractivity contribution in [1.82, 2.24) is 14.1 Å². The molecule has 0 bridgehead atoms. The van der Waals surface area contributed by atoms with E-state index >= 15 is 0 Å². The molecular formula is C64H43BN4O4. The lowest BCUT2D eigenvalue weighted by Gasteiger charge is -2.37. The summed E-state index contributed by atoms with van der Waals surface area (Å²) in [5.41, 5.74) is 14.3. The fourth-order valence-corrected chi connectivity index (χ4v) is 11.3. The van der Waals surface area contributed by atoms with Gasteiger partial charge in [-0.05, 0) is 118 Å². The molecule has 12 aromatic rings. The van der Waals surface area contributed by atoms with Crippen LogP contribution in [0.2, 0.25) is 0 Å². The molecule has 346 valence electrons. The summed E-state index contributed by atoms with van der Waals surface area (Å²) in [7, 11) is 0. The molecule has 3 aliphatic heterocycles. The molecule has 0 saturated carbocycles. The molecule has 0 saturated heterocycles. The van der Waals surface area contributed by atoms with Crippen molar-refractivity contribution in [3.05, 3.63) is 218 Å². The van der Waals surface area contributed by atoms with Gasteiger partial charge in [0.05, 0.1) is 33.4 Å². The normalized spacial score (nSPS) is 12.9. The van der Waals surface area contributed by atoms with E-state index in [0.29, 0.717) is 5.75 Å². The zero-order chi connectivity index (χ0) is 48.5. The van der Waals surface area contributed by atoms with Crippen LogP contribution in [-0.2, 0) is 5.41 Å². The van der Waals surface area contributed by atoms with Crippen LogP contribution < -0.4 is 39.9 Å². The number of para-hydroxylation sites is 4. The average molecular weight is 943 g/mol. The molecular weight excluding hydrogens is 900 g/mol. The molecule has 0 atom stereocenters. The van der Waals surface area contributed by atoms with Gasteiger partial charge in [0.15, 0.2) is 0 Å². The number of ether oxygens (including phenoxy) is 4. The molecule has 9 aromatic carbocycles. The van der Waals surface area contributed by atoms with Gasteiger partial charge in [-0.3, -0.25) is 13.7 Å². The molecule has 3 aliphatic rings. The predicted octanol–water partition coefficient (Wildman–Crippen LogP) is 13.5. The Bertz CT molecular complexity index is 4210. The van der Waals surface area contributed by atoms with Crippen LogP contribution in [0, 0.1) is 6.33 Å². The van der Waals surface area contributed by atoms with Crippen molar-refractivity contribution in [3.8, 4) is 85.4 Å². The second-order valence-corrected chi connectivity index (χ2v) is 20.1. The number of hydrogen-bond acceptors (Lipinski definition) is 5. The van der Waals surface area contributed by atoms with E-state index in [1.54, 1.807) is 0 Å². The first-order valence-electron chi connectivity index (χ1n) is 24.7. The average Bonchev–Trinajstić information content (AvgIpc) is 3.97. The Hall–Kier alpha value is -9.34. The summed E-state index contributed by atoms with van der Waals surface area (Å²) in [4.78, 5) is 4.90. The lowest BCUT2D eigenvalue weighted by atomic mass is 9.34. The number of aromatic nitrogens is 4. The fraction of sp³-hybridized carbons (Fsp3) is 0.0625. The Kier molecular flexibility index (Phi) is 8.85. The van der Waals surface area contributed by atoms with Crippen LogP contribution in [-0.4, -0.2) is 20.8 Å². The highest BCUT2D eigenvalue weighted by molar-refractivity contribution is 6.99. The number of nitrogens with zero attached hydrogens (tertiary/aromatic N) is 4. The van der Waals surface area contributed by atoms with E-state index in [2.05, 4.69) is 192 Å². The number of hydrogen-bond donors (Lipinski definition) is 0. The van der Waals surface area contributed by atoms with Crippen LogP contribution >= 0.6 is 0 Å². The second kappa shape index (κ2) is 15.6. The second-order valence-electron chi connectivity index (χ2n) is 20.1. The van der Waals surface area contributed by atoms with Crippen LogP contribution in [0.1, 0.15) is 26.3 Å². The largest absolute Gasteiger partial charge is 0.458 e. The minimum absolute atomic E-state index is 0.0311. The molecule has 9 heteroatoms. The van der Waals surface area contributed by atoms with Crippen molar-refractivity contribution < 1.29 is 23.5 Å². The van der Waals surface area contributed by atoms with Crippen molar-refractivity contribution >= 4 is 55.9 Å².